The summed E-state index contributed by atoms with van der Waals surface area (Å²) in [5.74, 6) is 0. The van der Waals surface area contributed by atoms with Gasteiger partial charge in [0, 0.05) is 5.02 Å². The SMILES string of the molecule is O[C@]1(c2ccc(Cl)cc2)CCCCC[C@@H]1n1cncn1. The highest BCUT2D eigenvalue weighted by Crippen LogP contribution is 2.43. The first-order valence-electron chi connectivity index (χ1n) is 7.03. The molecule has 5 heteroatoms. The molecule has 0 amide bonds. The Morgan fingerprint density at radius 2 is 2.00 bits per heavy atom. The van der Waals surface area contributed by atoms with Crippen molar-refractivity contribution in [2.75, 3.05) is 0 Å². The van der Waals surface area contributed by atoms with Crippen LogP contribution in [0.25, 0.3) is 0 Å². The van der Waals surface area contributed by atoms with E-state index in [1.807, 2.05) is 24.3 Å². The molecule has 1 saturated carbocycles. The van der Waals surface area contributed by atoms with Crippen LogP contribution in [-0.2, 0) is 5.60 Å². The summed E-state index contributed by atoms with van der Waals surface area (Å²) >= 11 is 5.95. The van der Waals surface area contributed by atoms with Gasteiger partial charge in [-0.2, -0.15) is 5.10 Å². The monoisotopic (exact) mass is 291 g/mol. The van der Waals surface area contributed by atoms with Crippen LogP contribution in [0.2, 0.25) is 5.02 Å². The molecular weight excluding hydrogens is 274 g/mol. The van der Waals surface area contributed by atoms with Gasteiger partial charge in [0.2, 0.25) is 0 Å². The summed E-state index contributed by atoms with van der Waals surface area (Å²) in [6.07, 6.45) is 8.11. The predicted molar refractivity (Wildman–Crippen MR) is 77.5 cm³/mol. The van der Waals surface area contributed by atoms with Gasteiger partial charge >= 0.3 is 0 Å². The topological polar surface area (TPSA) is 50.9 Å². The Hall–Kier alpha value is -1.39. The van der Waals surface area contributed by atoms with Crippen molar-refractivity contribution < 1.29 is 5.11 Å². The van der Waals surface area contributed by atoms with Crippen LogP contribution in [-0.4, -0.2) is 19.9 Å². The van der Waals surface area contributed by atoms with Crippen LogP contribution in [0.5, 0.6) is 0 Å². The third-order valence-corrected chi connectivity index (χ3v) is 4.44. The van der Waals surface area contributed by atoms with Crippen LogP contribution in [0.15, 0.2) is 36.9 Å². The normalized spacial score (nSPS) is 27.2. The molecule has 0 saturated heterocycles. The van der Waals surface area contributed by atoms with E-state index in [1.165, 1.54) is 6.33 Å². The third kappa shape index (κ3) is 2.45. The summed E-state index contributed by atoms with van der Waals surface area (Å²) in [5, 5.41) is 16.2. The van der Waals surface area contributed by atoms with Crippen molar-refractivity contribution in [3.63, 3.8) is 0 Å². The lowest BCUT2D eigenvalue weighted by atomic mass is 9.82. The maximum atomic E-state index is 11.3. The van der Waals surface area contributed by atoms with Crippen molar-refractivity contribution >= 4 is 11.6 Å². The minimum Gasteiger partial charge on any atom is -0.383 e. The lowest BCUT2D eigenvalue weighted by Gasteiger charge is -2.35. The largest absolute Gasteiger partial charge is 0.383 e. The lowest BCUT2D eigenvalue weighted by molar-refractivity contribution is -0.0286. The molecule has 1 aliphatic carbocycles. The lowest BCUT2D eigenvalue weighted by Crippen LogP contribution is -2.36. The van der Waals surface area contributed by atoms with E-state index in [4.69, 9.17) is 11.6 Å². The minimum atomic E-state index is -0.908. The predicted octanol–water partition coefficient (Wildman–Crippen LogP) is 3.32. The molecule has 1 aromatic heterocycles. The number of hydrogen-bond donors (Lipinski definition) is 1. The van der Waals surface area contributed by atoms with Crippen LogP contribution < -0.4 is 0 Å². The summed E-state index contributed by atoms with van der Waals surface area (Å²) in [7, 11) is 0. The molecule has 0 radical (unpaired) electrons. The van der Waals surface area contributed by atoms with Crippen molar-refractivity contribution in [2.45, 2.75) is 43.7 Å². The van der Waals surface area contributed by atoms with E-state index in [0.29, 0.717) is 5.02 Å². The molecular formula is C15H18ClN3O. The second-order valence-corrected chi connectivity index (χ2v) is 5.86. The molecule has 0 bridgehead atoms. The average Bonchev–Trinajstić information content (AvgIpc) is 2.90. The summed E-state index contributed by atoms with van der Waals surface area (Å²) < 4.78 is 1.79. The fourth-order valence-corrected chi connectivity index (χ4v) is 3.24. The first-order chi connectivity index (χ1) is 9.70. The fraction of sp³-hybridized carbons (Fsp3) is 0.467. The molecule has 20 heavy (non-hydrogen) atoms. The van der Waals surface area contributed by atoms with Gasteiger partial charge in [0.1, 0.15) is 18.3 Å². The molecule has 1 aromatic carbocycles. The maximum Gasteiger partial charge on any atom is 0.137 e. The third-order valence-electron chi connectivity index (χ3n) is 4.19. The van der Waals surface area contributed by atoms with Gasteiger partial charge in [-0.25, -0.2) is 9.67 Å². The van der Waals surface area contributed by atoms with Gasteiger partial charge in [0.15, 0.2) is 0 Å². The van der Waals surface area contributed by atoms with Crippen molar-refractivity contribution in [1.82, 2.24) is 14.8 Å². The van der Waals surface area contributed by atoms with Gasteiger partial charge in [0.25, 0.3) is 0 Å². The van der Waals surface area contributed by atoms with Gasteiger partial charge in [-0.15, -0.1) is 0 Å². The molecule has 4 nitrogen and oxygen atoms in total. The Labute approximate surface area is 123 Å². The smallest absolute Gasteiger partial charge is 0.137 e. The zero-order valence-corrected chi connectivity index (χ0v) is 12.0. The van der Waals surface area contributed by atoms with Crippen LogP contribution in [0.4, 0.5) is 0 Å². The van der Waals surface area contributed by atoms with Crippen LogP contribution in [0.1, 0.15) is 43.7 Å². The van der Waals surface area contributed by atoms with Gasteiger partial charge in [-0.3, -0.25) is 0 Å². The summed E-state index contributed by atoms with van der Waals surface area (Å²) in [4.78, 5) is 4.02. The molecule has 1 aliphatic rings. The molecule has 3 rings (SSSR count). The quantitative estimate of drug-likeness (QED) is 0.864. The van der Waals surface area contributed by atoms with Crippen molar-refractivity contribution in [2.24, 2.45) is 0 Å². The second-order valence-electron chi connectivity index (χ2n) is 5.42. The van der Waals surface area contributed by atoms with Gasteiger partial charge < -0.3 is 5.11 Å². The average molecular weight is 292 g/mol. The van der Waals surface area contributed by atoms with Crippen molar-refractivity contribution in [1.29, 1.82) is 0 Å². The molecule has 1 fully saturated rings. The van der Waals surface area contributed by atoms with E-state index in [0.717, 1.165) is 37.7 Å². The number of nitrogens with zero attached hydrogens (tertiary/aromatic N) is 3. The number of hydrogen-bond acceptors (Lipinski definition) is 3. The molecule has 0 aliphatic heterocycles. The van der Waals surface area contributed by atoms with E-state index in [2.05, 4.69) is 10.1 Å². The highest BCUT2D eigenvalue weighted by molar-refractivity contribution is 6.30. The number of halogens is 1. The Kier molecular flexibility index (Phi) is 3.76. The van der Waals surface area contributed by atoms with E-state index >= 15 is 0 Å². The number of benzene rings is 1. The van der Waals surface area contributed by atoms with Gasteiger partial charge in [0.05, 0.1) is 6.04 Å². The Morgan fingerprint density at radius 1 is 1.20 bits per heavy atom. The van der Waals surface area contributed by atoms with Crippen LogP contribution in [0.3, 0.4) is 0 Å². The first kappa shape index (κ1) is 13.6. The minimum absolute atomic E-state index is 0.0753. The highest BCUT2D eigenvalue weighted by atomic mass is 35.5. The molecule has 2 aromatic rings. The second kappa shape index (κ2) is 5.54. The molecule has 106 valence electrons. The Bertz CT molecular complexity index is 555. The number of rotatable bonds is 2. The van der Waals surface area contributed by atoms with Crippen LogP contribution in [0, 0.1) is 0 Å². The molecule has 0 spiro atoms. The molecule has 1 heterocycles. The fourth-order valence-electron chi connectivity index (χ4n) is 3.12. The number of aromatic nitrogens is 3. The first-order valence-corrected chi connectivity index (χ1v) is 7.40. The molecule has 0 unspecified atom stereocenters. The van der Waals surface area contributed by atoms with E-state index in [9.17, 15) is 5.11 Å². The van der Waals surface area contributed by atoms with E-state index < -0.39 is 5.60 Å². The van der Waals surface area contributed by atoms with Crippen molar-refractivity contribution in [3.05, 3.63) is 47.5 Å². The van der Waals surface area contributed by atoms with Gasteiger partial charge in [-0.1, -0.05) is 43.0 Å². The van der Waals surface area contributed by atoms with Gasteiger partial charge in [-0.05, 0) is 30.5 Å². The zero-order chi connectivity index (χ0) is 14.0. The maximum absolute atomic E-state index is 11.3. The summed E-state index contributed by atoms with van der Waals surface area (Å²) in [6.45, 7) is 0. The van der Waals surface area contributed by atoms with Crippen molar-refractivity contribution in [3.8, 4) is 0 Å². The van der Waals surface area contributed by atoms with E-state index in [1.54, 1.807) is 11.0 Å². The van der Waals surface area contributed by atoms with Crippen LogP contribution >= 0.6 is 11.6 Å². The standard InChI is InChI=1S/C15H18ClN3O/c16-13-7-5-12(6-8-13)15(20)9-3-1-2-4-14(15)19-11-17-10-18-19/h5-8,10-11,14,20H,1-4,9H2/t14-,15-/m0/s1. The Morgan fingerprint density at radius 3 is 2.70 bits per heavy atom. The molecule has 2 atom stereocenters. The molecule has 1 N–H and O–H groups in total. The number of aliphatic hydroxyl groups is 1. The highest BCUT2D eigenvalue weighted by Gasteiger charge is 2.40. The summed E-state index contributed by atoms with van der Waals surface area (Å²) in [5.41, 5.74) is -0.00119. The van der Waals surface area contributed by atoms with E-state index in [-0.39, 0.29) is 6.04 Å². The zero-order valence-electron chi connectivity index (χ0n) is 11.2. The Balaban J connectivity index is 2.02. The summed E-state index contributed by atoms with van der Waals surface area (Å²) in [6, 6.07) is 7.42.